The lowest BCUT2D eigenvalue weighted by Gasteiger charge is -2.62. The van der Waals surface area contributed by atoms with E-state index in [-0.39, 0.29) is 10.8 Å². The van der Waals surface area contributed by atoms with E-state index in [0.717, 1.165) is 44.4 Å². The molecule has 30 heavy (non-hydrogen) atoms. The highest BCUT2D eigenvalue weighted by Gasteiger charge is 2.57. The molecule has 0 spiro atoms. The van der Waals surface area contributed by atoms with Gasteiger partial charge in [0.15, 0.2) is 0 Å². The lowest BCUT2D eigenvalue weighted by Crippen LogP contribution is -2.64. The highest BCUT2D eigenvalue weighted by atomic mass is 32.2. The second-order valence-corrected chi connectivity index (χ2v) is 10.7. The molecule has 0 amide bonds. The quantitative estimate of drug-likeness (QED) is 0.678. The zero-order chi connectivity index (χ0) is 22.7. The number of fused-ring (bicyclic) bond motifs is 4. The van der Waals surface area contributed by atoms with E-state index in [2.05, 4.69) is 50.9 Å². The fraction of sp³-hybridized carbons (Fsp3) is 0.696. The Kier molecular flexibility index (Phi) is 7.75. The predicted octanol–water partition coefficient (Wildman–Crippen LogP) is 3.87. The molecule has 7 heteroatoms. The summed E-state index contributed by atoms with van der Waals surface area (Å²) in [5.41, 5.74) is 3.11. The molecule has 0 saturated carbocycles. The Morgan fingerprint density at radius 2 is 1.93 bits per heavy atom. The Labute approximate surface area is 181 Å². The third-order valence-corrected chi connectivity index (χ3v) is 7.27. The van der Waals surface area contributed by atoms with Gasteiger partial charge < -0.3 is 9.64 Å². The molecule has 1 aliphatic carbocycles. The number of methoxy groups -OCH3 is 1. The number of nitrogens with zero attached hydrogens (tertiary/aromatic N) is 1. The number of likely N-dealkylation sites (N-methyl/N-ethyl adjacent to an activating group) is 1. The lowest BCUT2D eigenvalue weighted by molar-refractivity contribution is -0.121. The Bertz CT molecular complexity index is 860. The van der Waals surface area contributed by atoms with E-state index in [9.17, 15) is 13.2 Å². The first-order valence-corrected chi connectivity index (χ1v) is 12.5. The van der Waals surface area contributed by atoms with Gasteiger partial charge in [0, 0.05) is 24.3 Å². The van der Waals surface area contributed by atoms with Crippen molar-refractivity contribution in [1.29, 1.82) is 0 Å². The largest absolute Gasteiger partial charge is 0.497 e. The lowest BCUT2D eigenvalue weighted by atomic mass is 9.49. The van der Waals surface area contributed by atoms with Crippen LogP contribution >= 0.6 is 0 Å². The minimum atomic E-state index is -3.67. The monoisotopic (exact) mass is 439 g/mol. The highest BCUT2D eigenvalue weighted by molar-refractivity contribution is 7.85. The molecule has 1 N–H and O–H groups in total. The van der Waals surface area contributed by atoms with Crippen molar-refractivity contribution in [2.45, 2.75) is 70.8 Å². The van der Waals surface area contributed by atoms with Crippen molar-refractivity contribution >= 4 is 15.9 Å². The number of rotatable bonds is 6. The number of likely N-dealkylation sites (tertiary alicyclic amines) is 1. The van der Waals surface area contributed by atoms with Crippen molar-refractivity contribution < 1.29 is 22.5 Å². The van der Waals surface area contributed by atoms with Crippen LogP contribution in [0.1, 0.15) is 64.0 Å². The average molecular weight is 440 g/mol. The first-order chi connectivity index (χ1) is 13.9. The van der Waals surface area contributed by atoms with E-state index in [4.69, 9.17) is 9.29 Å². The molecule has 1 saturated heterocycles. The summed E-state index contributed by atoms with van der Waals surface area (Å²) in [7, 11) is 0.331. The number of hydrogen-bond donors (Lipinski definition) is 1. The summed E-state index contributed by atoms with van der Waals surface area (Å²) in [5.74, 6) is 1.37. The highest BCUT2D eigenvalue weighted by Crippen LogP contribution is 2.58. The fourth-order valence-electron chi connectivity index (χ4n) is 5.35. The summed E-state index contributed by atoms with van der Waals surface area (Å²) in [5, 5.41) is 0. The van der Waals surface area contributed by atoms with Crippen LogP contribution in [0.25, 0.3) is 0 Å². The molecule has 1 fully saturated rings. The third-order valence-electron chi connectivity index (χ3n) is 7.27. The van der Waals surface area contributed by atoms with Crippen molar-refractivity contribution in [3.05, 3.63) is 29.3 Å². The standard InChI is InChI=1S/C22H33NO2.CH4O3S/c1-6-7-17(24)10-11-22(3)20-14-16-8-9-18(25-5)15-19(16)21(22,2)12-13-23(20)4;1-5(2,3)4/h8-9,15,20H,6-7,10-14H2,1-5H3;1H3,(H,2,3,4)/t20?,21-,22-;/m1./s1. The van der Waals surface area contributed by atoms with Gasteiger partial charge in [-0.25, -0.2) is 0 Å². The van der Waals surface area contributed by atoms with E-state index in [0.29, 0.717) is 24.5 Å². The van der Waals surface area contributed by atoms with E-state index in [1.807, 2.05) is 0 Å². The SMILES string of the molecule is CCCC(=O)CC[C@]1(C)C2Cc3ccc(OC)cc3[C@@]1(C)CCN2C.CS(=O)(=O)O. The fourth-order valence-corrected chi connectivity index (χ4v) is 5.35. The topological polar surface area (TPSA) is 83.9 Å². The van der Waals surface area contributed by atoms with E-state index >= 15 is 0 Å². The second kappa shape index (κ2) is 9.37. The van der Waals surface area contributed by atoms with Crippen LogP contribution in [0.15, 0.2) is 18.2 Å². The normalized spacial score (nSPS) is 28.2. The van der Waals surface area contributed by atoms with Crippen LogP contribution in [0.2, 0.25) is 0 Å². The number of carbonyl (C=O) groups excluding carboxylic acids is 1. The molecule has 0 radical (unpaired) electrons. The summed E-state index contributed by atoms with van der Waals surface area (Å²) in [6, 6.07) is 7.09. The van der Waals surface area contributed by atoms with Crippen LogP contribution in [0.3, 0.4) is 0 Å². The molecular formula is C23H37NO5S. The van der Waals surface area contributed by atoms with Gasteiger partial charge in [-0.3, -0.25) is 9.35 Å². The molecule has 0 aromatic heterocycles. The number of ether oxygens (including phenoxy) is 1. The summed E-state index contributed by atoms with van der Waals surface area (Å²) in [6.45, 7) is 8.06. The molecule has 1 aromatic rings. The minimum absolute atomic E-state index is 0.0960. The number of hydrogen-bond acceptors (Lipinski definition) is 5. The third kappa shape index (κ3) is 5.24. The Morgan fingerprint density at radius 1 is 1.30 bits per heavy atom. The first-order valence-electron chi connectivity index (χ1n) is 10.7. The van der Waals surface area contributed by atoms with Gasteiger partial charge in [-0.1, -0.05) is 26.8 Å². The molecular weight excluding hydrogens is 402 g/mol. The van der Waals surface area contributed by atoms with Gasteiger partial charge in [-0.05, 0) is 68.0 Å². The van der Waals surface area contributed by atoms with Gasteiger partial charge in [-0.2, -0.15) is 8.42 Å². The summed E-state index contributed by atoms with van der Waals surface area (Å²) >= 11 is 0. The summed E-state index contributed by atoms with van der Waals surface area (Å²) < 4.78 is 31.4. The van der Waals surface area contributed by atoms with Gasteiger partial charge in [0.2, 0.25) is 0 Å². The zero-order valence-corrected chi connectivity index (χ0v) is 20.0. The van der Waals surface area contributed by atoms with Crippen LogP contribution in [-0.4, -0.2) is 56.7 Å². The Hall–Kier alpha value is -1.44. The number of Topliss-reactive ketones (excluding diaryl/α,β-unsaturated/α-hetero) is 1. The molecule has 3 rings (SSSR count). The maximum Gasteiger partial charge on any atom is 0.261 e. The molecule has 170 valence electrons. The van der Waals surface area contributed by atoms with Crippen LogP contribution in [0.5, 0.6) is 5.75 Å². The maximum atomic E-state index is 12.2. The summed E-state index contributed by atoms with van der Waals surface area (Å²) in [6.07, 6.45) is 6.29. The van der Waals surface area contributed by atoms with Crippen molar-refractivity contribution in [1.82, 2.24) is 4.90 Å². The van der Waals surface area contributed by atoms with Crippen LogP contribution in [-0.2, 0) is 26.7 Å². The van der Waals surface area contributed by atoms with Gasteiger partial charge in [0.25, 0.3) is 10.1 Å². The van der Waals surface area contributed by atoms with Gasteiger partial charge in [0.1, 0.15) is 11.5 Å². The molecule has 2 aliphatic rings. The first kappa shape index (κ1) is 24.8. The Balaban J connectivity index is 0.000000575. The zero-order valence-electron chi connectivity index (χ0n) is 19.2. The predicted molar refractivity (Wildman–Crippen MR) is 120 cm³/mol. The van der Waals surface area contributed by atoms with Gasteiger partial charge in [0.05, 0.1) is 13.4 Å². The van der Waals surface area contributed by atoms with E-state index in [1.165, 1.54) is 11.1 Å². The van der Waals surface area contributed by atoms with Gasteiger partial charge in [-0.15, -0.1) is 0 Å². The van der Waals surface area contributed by atoms with E-state index < -0.39 is 10.1 Å². The van der Waals surface area contributed by atoms with Crippen molar-refractivity contribution in [2.24, 2.45) is 5.41 Å². The van der Waals surface area contributed by atoms with Crippen molar-refractivity contribution in [3.63, 3.8) is 0 Å². The Morgan fingerprint density at radius 3 is 2.50 bits per heavy atom. The maximum absolute atomic E-state index is 12.2. The number of benzene rings is 1. The molecule has 1 heterocycles. The van der Waals surface area contributed by atoms with Crippen LogP contribution in [0, 0.1) is 5.41 Å². The van der Waals surface area contributed by atoms with Gasteiger partial charge >= 0.3 is 0 Å². The molecule has 6 nitrogen and oxygen atoms in total. The summed E-state index contributed by atoms with van der Waals surface area (Å²) in [4.78, 5) is 14.8. The van der Waals surface area contributed by atoms with Crippen LogP contribution < -0.4 is 4.74 Å². The minimum Gasteiger partial charge on any atom is -0.497 e. The average Bonchev–Trinajstić information content (AvgIpc) is 2.65. The molecule has 3 atom stereocenters. The van der Waals surface area contributed by atoms with E-state index in [1.54, 1.807) is 7.11 Å². The number of ketones is 1. The second-order valence-electron chi connectivity index (χ2n) is 9.24. The molecule has 1 unspecified atom stereocenters. The van der Waals surface area contributed by atoms with Crippen LogP contribution in [0.4, 0.5) is 0 Å². The van der Waals surface area contributed by atoms with Crippen molar-refractivity contribution in [2.75, 3.05) is 27.0 Å². The molecule has 1 aliphatic heterocycles. The van der Waals surface area contributed by atoms with Crippen molar-refractivity contribution in [3.8, 4) is 5.75 Å². The molecule has 2 bridgehead atoms. The number of piperidine rings is 1. The molecule has 1 aromatic carbocycles. The number of carbonyl (C=O) groups is 1. The smallest absolute Gasteiger partial charge is 0.261 e.